The first-order valence-corrected chi connectivity index (χ1v) is 9.39. The van der Waals surface area contributed by atoms with Crippen molar-refractivity contribution in [3.63, 3.8) is 0 Å². The predicted molar refractivity (Wildman–Crippen MR) is 94.8 cm³/mol. The van der Waals surface area contributed by atoms with Gasteiger partial charge in [-0.3, -0.25) is 10.1 Å². The number of carbonyl (C=O) groups excluding carboxylic acids is 2. The highest BCUT2D eigenvalue weighted by Crippen LogP contribution is 2.44. The molecular weight excluding hydrogens is 372 g/mol. The lowest BCUT2D eigenvalue weighted by molar-refractivity contribution is -0.126. The summed E-state index contributed by atoms with van der Waals surface area (Å²) in [5.41, 5.74) is -0.305. The number of hydrogen-bond donors (Lipinski definition) is 2. The fraction of sp³-hybridized carbons (Fsp3) is 0.556. The molecule has 3 unspecified atom stereocenters. The highest BCUT2D eigenvalue weighted by atomic mass is 79.9. The Morgan fingerprint density at radius 3 is 2.79 bits per heavy atom. The summed E-state index contributed by atoms with van der Waals surface area (Å²) in [6, 6.07) is 5.20. The van der Waals surface area contributed by atoms with Crippen LogP contribution in [0.5, 0.6) is 5.75 Å². The predicted octanol–water partition coefficient (Wildman–Crippen LogP) is 3.85. The first kappa shape index (κ1) is 17.3. The van der Waals surface area contributed by atoms with Gasteiger partial charge in [0.2, 0.25) is 0 Å². The molecule has 2 heterocycles. The molecule has 3 amide bonds. The SMILES string of the molecule is CCCCC(CC)C1CC2(NC(=O)NC2=O)c2cc(Br)ccc2O1. The molecule has 24 heavy (non-hydrogen) atoms. The van der Waals surface area contributed by atoms with Crippen LogP contribution in [-0.4, -0.2) is 18.0 Å². The van der Waals surface area contributed by atoms with Crippen molar-refractivity contribution in [1.82, 2.24) is 10.6 Å². The zero-order chi connectivity index (χ0) is 17.3. The number of benzene rings is 1. The fourth-order valence-corrected chi connectivity index (χ4v) is 4.12. The van der Waals surface area contributed by atoms with Gasteiger partial charge in [0.15, 0.2) is 5.54 Å². The van der Waals surface area contributed by atoms with Gasteiger partial charge in [0, 0.05) is 16.5 Å². The summed E-state index contributed by atoms with van der Waals surface area (Å²) in [5, 5.41) is 5.27. The second kappa shape index (κ2) is 6.75. The summed E-state index contributed by atoms with van der Waals surface area (Å²) in [5.74, 6) is 0.760. The van der Waals surface area contributed by atoms with Gasteiger partial charge in [-0.25, -0.2) is 4.79 Å². The number of carbonyl (C=O) groups is 2. The van der Waals surface area contributed by atoms with Crippen LogP contribution in [0.25, 0.3) is 0 Å². The van der Waals surface area contributed by atoms with Crippen molar-refractivity contribution in [3.8, 4) is 5.75 Å². The van der Waals surface area contributed by atoms with Gasteiger partial charge in [0.25, 0.3) is 5.91 Å². The van der Waals surface area contributed by atoms with Crippen molar-refractivity contribution in [3.05, 3.63) is 28.2 Å². The van der Waals surface area contributed by atoms with E-state index in [0.29, 0.717) is 18.1 Å². The lowest BCUT2D eigenvalue weighted by atomic mass is 9.77. The third-order valence-corrected chi connectivity index (χ3v) is 5.60. The first-order chi connectivity index (χ1) is 11.5. The zero-order valence-electron chi connectivity index (χ0n) is 14.0. The number of rotatable bonds is 5. The number of fused-ring (bicyclic) bond motifs is 2. The van der Waals surface area contributed by atoms with Gasteiger partial charge in [-0.2, -0.15) is 0 Å². The largest absolute Gasteiger partial charge is 0.490 e. The third kappa shape index (κ3) is 2.92. The molecule has 1 aromatic rings. The van der Waals surface area contributed by atoms with Crippen LogP contribution in [0, 0.1) is 5.92 Å². The normalized spacial score (nSPS) is 26.5. The monoisotopic (exact) mass is 394 g/mol. The minimum Gasteiger partial charge on any atom is -0.490 e. The standard InChI is InChI=1S/C18H23BrN2O3/c1-3-5-6-11(4-2)15-10-18(16(22)20-17(23)21-18)13-9-12(19)7-8-14(13)24-15/h7-9,11,15H,3-6,10H2,1-2H3,(H2,20,21,22,23). The van der Waals surface area contributed by atoms with Crippen LogP contribution in [0.4, 0.5) is 4.79 Å². The molecular formula is C18H23BrN2O3. The number of imide groups is 1. The lowest BCUT2D eigenvalue weighted by Gasteiger charge is -2.40. The third-order valence-electron chi connectivity index (χ3n) is 5.11. The smallest absolute Gasteiger partial charge is 0.322 e. The summed E-state index contributed by atoms with van der Waals surface area (Å²) in [4.78, 5) is 24.5. The topological polar surface area (TPSA) is 67.4 Å². The number of urea groups is 1. The van der Waals surface area contributed by atoms with Crippen LogP contribution >= 0.6 is 15.9 Å². The molecule has 6 heteroatoms. The van der Waals surface area contributed by atoms with Crippen molar-refractivity contribution >= 4 is 27.9 Å². The quantitative estimate of drug-likeness (QED) is 0.745. The molecule has 1 fully saturated rings. The number of unbranched alkanes of at least 4 members (excludes halogenated alkanes) is 1. The Morgan fingerprint density at radius 2 is 2.17 bits per heavy atom. The van der Waals surface area contributed by atoms with Crippen LogP contribution in [-0.2, 0) is 10.3 Å². The van der Waals surface area contributed by atoms with Gasteiger partial charge < -0.3 is 10.1 Å². The first-order valence-electron chi connectivity index (χ1n) is 8.60. The van der Waals surface area contributed by atoms with E-state index in [1.54, 1.807) is 0 Å². The summed E-state index contributed by atoms with van der Waals surface area (Å²) >= 11 is 3.45. The highest BCUT2D eigenvalue weighted by Gasteiger charge is 2.54. The Labute approximate surface area is 150 Å². The van der Waals surface area contributed by atoms with Crippen LogP contribution < -0.4 is 15.4 Å². The Hall–Kier alpha value is -1.56. The Balaban J connectivity index is 2.00. The van der Waals surface area contributed by atoms with Crippen molar-refractivity contribution in [2.45, 2.75) is 57.6 Å². The molecule has 5 nitrogen and oxygen atoms in total. The van der Waals surface area contributed by atoms with Gasteiger partial charge in [-0.1, -0.05) is 42.6 Å². The molecule has 2 N–H and O–H groups in total. The van der Waals surface area contributed by atoms with Gasteiger partial charge >= 0.3 is 6.03 Å². The minimum absolute atomic E-state index is 0.0839. The average molecular weight is 395 g/mol. The number of halogens is 1. The van der Waals surface area contributed by atoms with E-state index in [-0.39, 0.29) is 12.0 Å². The summed E-state index contributed by atoms with van der Waals surface area (Å²) in [6.07, 6.45) is 4.71. The number of ether oxygens (including phenoxy) is 1. The molecule has 0 saturated carbocycles. The average Bonchev–Trinajstić information content (AvgIpc) is 2.83. The van der Waals surface area contributed by atoms with E-state index in [0.717, 1.165) is 35.7 Å². The maximum atomic E-state index is 12.6. The molecule has 3 atom stereocenters. The molecule has 0 aliphatic carbocycles. The van der Waals surface area contributed by atoms with E-state index in [1.807, 2.05) is 18.2 Å². The van der Waals surface area contributed by atoms with Crippen LogP contribution in [0.3, 0.4) is 0 Å². The second-order valence-electron chi connectivity index (χ2n) is 6.63. The van der Waals surface area contributed by atoms with Crippen molar-refractivity contribution in [2.24, 2.45) is 5.92 Å². The van der Waals surface area contributed by atoms with Crippen LogP contribution in [0.2, 0.25) is 0 Å². The number of amides is 3. The highest BCUT2D eigenvalue weighted by molar-refractivity contribution is 9.10. The zero-order valence-corrected chi connectivity index (χ0v) is 15.6. The second-order valence-corrected chi connectivity index (χ2v) is 7.54. The Bertz CT molecular complexity index is 664. The molecule has 1 spiro atoms. The maximum Gasteiger partial charge on any atom is 0.322 e. The van der Waals surface area contributed by atoms with Gasteiger partial charge in [0.1, 0.15) is 11.9 Å². The molecule has 3 rings (SSSR count). The number of nitrogens with one attached hydrogen (secondary N) is 2. The van der Waals surface area contributed by atoms with Crippen molar-refractivity contribution in [1.29, 1.82) is 0 Å². The minimum atomic E-state index is -1.03. The van der Waals surface area contributed by atoms with Gasteiger partial charge in [-0.15, -0.1) is 0 Å². The van der Waals surface area contributed by atoms with E-state index < -0.39 is 11.6 Å². The lowest BCUT2D eigenvalue weighted by Crippen LogP contribution is -2.51. The van der Waals surface area contributed by atoms with E-state index in [4.69, 9.17) is 4.74 Å². The summed E-state index contributed by atoms with van der Waals surface area (Å²) in [6.45, 7) is 4.33. The summed E-state index contributed by atoms with van der Waals surface area (Å²) in [7, 11) is 0. The molecule has 130 valence electrons. The van der Waals surface area contributed by atoms with E-state index in [2.05, 4.69) is 40.4 Å². The molecule has 1 saturated heterocycles. The molecule has 1 aromatic carbocycles. The molecule has 0 radical (unpaired) electrons. The molecule has 2 aliphatic heterocycles. The maximum absolute atomic E-state index is 12.6. The van der Waals surface area contributed by atoms with Gasteiger partial charge in [-0.05, 0) is 37.0 Å². The molecule has 0 aromatic heterocycles. The van der Waals surface area contributed by atoms with Gasteiger partial charge in [0.05, 0.1) is 0 Å². The van der Waals surface area contributed by atoms with Crippen molar-refractivity contribution in [2.75, 3.05) is 0 Å². The van der Waals surface area contributed by atoms with Crippen LogP contribution in [0.15, 0.2) is 22.7 Å². The van der Waals surface area contributed by atoms with E-state index >= 15 is 0 Å². The van der Waals surface area contributed by atoms with Crippen molar-refractivity contribution < 1.29 is 14.3 Å². The van der Waals surface area contributed by atoms with E-state index in [1.165, 1.54) is 0 Å². The van der Waals surface area contributed by atoms with Crippen LogP contribution in [0.1, 0.15) is 51.5 Å². The number of hydrogen-bond acceptors (Lipinski definition) is 3. The Kier molecular flexibility index (Phi) is 4.85. The molecule has 2 aliphatic rings. The fourth-order valence-electron chi connectivity index (χ4n) is 3.76. The molecule has 0 bridgehead atoms. The van der Waals surface area contributed by atoms with E-state index in [9.17, 15) is 9.59 Å². The Morgan fingerprint density at radius 1 is 1.38 bits per heavy atom. The summed E-state index contributed by atoms with van der Waals surface area (Å²) < 4.78 is 7.11.